The first kappa shape index (κ1) is 22.3. The van der Waals surface area contributed by atoms with Crippen molar-refractivity contribution in [1.29, 1.82) is 0 Å². The molecule has 0 fully saturated rings. The Hall–Kier alpha value is -3.34. The molecule has 0 spiro atoms. The van der Waals surface area contributed by atoms with Crippen LogP contribution in [-0.4, -0.2) is 31.6 Å². The van der Waals surface area contributed by atoms with Crippen molar-refractivity contribution >= 4 is 5.91 Å². The van der Waals surface area contributed by atoms with E-state index in [1.165, 1.54) is 17.7 Å². The summed E-state index contributed by atoms with van der Waals surface area (Å²) in [7, 11) is 3.20. The van der Waals surface area contributed by atoms with Crippen molar-refractivity contribution in [1.82, 2.24) is 4.90 Å². The Morgan fingerprint density at radius 3 is 2.06 bits per heavy atom. The van der Waals surface area contributed by atoms with Crippen LogP contribution in [0.3, 0.4) is 0 Å². The van der Waals surface area contributed by atoms with Crippen molar-refractivity contribution < 1.29 is 18.7 Å². The summed E-state index contributed by atoms with van der Waals surface area (Å²) in [5.74, 6) is 0.989. The van der Waals surface area contributed by atoms with Crippen LogP contribution in [0.25, 0.3) is 0 Å². The molecule has 3 aromatic rings. The lowest BCUT2D eigenvalue weighted by Crippen LogP contribution is -2.32. The molecule has 0 saturated heterocycles. The number of amides is 1. The fourth-order valence-corrected chi connectivity index (χ4v) is 3.43. The van der Waals surface area contributed by atoms with E-state index in [0.717, 1.165) is 17.5 Å². The minimum absolute atomic E-state index is 0.0487. The van der Waals surface area contributed by atoms with Crippen molar-refractivity contribution in [3.8, 4) is 11.5 Å². The normalized spacial score (nSPS) is 10.6. The van der Waals surface area contributed by atoms with Gasteiger partial charge >= 0.3 is 0 Å². The van der Waals surface area contributed by atoms with Crippen LogP contribution in [0.5, 0.6) is 11.5 Å². The summed E-state index contributed by atoms with van der Waals surface area (Å²) in [6, 6.07) is 19.7. The monoisotopic (exact) mass is 421 g/mol. The van der Waals surface area contributed by atoms with Gasteiger partial charge in [-0.05, 0) is 65.9 Å². The molecular weight excluding hydrogens is 393 g/mol. The van der Waals surface area contributed by atoms with E-state index < -0.39 is 0 Å². The molecule has 0 atom stereocenters. The summed E-state index contributed by atoms with van der Waals surface area (Å²) < 4.78 is 24.0. The van der Waals surface area contributed by atoms with Crippen LogP contribution in [0.2, 0.25) is 0 Å². The third kappa shape index (κ3) is 5.85. The van der Waals surface area contributed by atoms with Crippen LogP contribution < -0.4 is 9.47 Å². The first-order chi connectivity index (χ1) is 15.0. The molecule has 5 heteroatoms. The standard InChI is InChI=1S/C26H28FNO3/c1-4-19-5-10-22(11-6-19)26(29)28(18-21-7-12-23(27)13-8-21)16-15-20-9-14-24(30-2)25(17-20)31-3/h5-14,17H,4,15-16,18H2,1-3H3. The average Bonchev–Trinajstić information content (AvgIpc) is 2.82. The summed E-state index contributed by atoms with van der Waals surface area (Å²) in [6.07, 6.45) is 1.58. The van der Waals surface area contributed by atoms with Crippen LogP contribution in [0.1, 0.15) is 34.0 Å². The molecule has 0 saturated carbocycles. The Morgan fingerprint density at radius 1 is 0.839 bits per heavy atom. The number of halogens is 1. The maximum atomic E-state index is 13.3. The summed E-state index contributed by atoms with van der Waals surface area (Å²) in [5.41, 5.74) is 3.75. The van der Waals surface area contributed by atoms with Gasteiger partial charge in [-0.25, -0.2) is 4.39 Å². The van der Waals surface area contributed by atoms with Gasteiger partial charge in [0.1, 0.15) is 5.82 Å². The molecule has 0 bridgehead atoms. The number of hydrogen-bond donors (Lipinski definition) is 0. The van der Waals surface area contributed by atoms with E-state index in [-0.39, 0.29) is 11.7 Å². The number of aryl methyl sites for hydroxylation is 1. The van der Waals surface area contributed by atoms with Gasteiger partial charge in [0.2, 0.25) is 0 Å². The zero-order valence-electron chi connectivity index (χ0n) is 18.2. The maximum absolute atomic E-state index is 13.3. The highest BCUT2D eigenvalue weighted by Gasteiger charge is 2.17. The Kier molecular flexibility index (Phi) is 7.65. The Labute approximate surface area is 183 Å². The van der Waals surface area contributed by atoms with Crippen molar-refractivity contribution in [3.05, 3.63) is 94.8 Å². The predicted octanol–water partition coefficient (Wildman–Crippen LogP) is 5.29. The molecule has 1 amide bonds. The van der Waals surface area contributed by atoms with E-state index in [1.807, 2.05) is 42.5 Å². The summed E-state index contributed by atoms with van der Waals surface area (Å²) in [4.78, 5) is 15.1. The van der Waals surface area contributed by atoms with Crippen LogP contribution in [0.4, 0.5) is 4.39 Å². The van der Waals surface area contributed by atoms with Gasteiger partial charge in [0.25, 0.3) is 5.91 Å². The topological polar surface area (TPSA) is 38.8 Å². The molecule has 4 nitrogen and oxygen atoms in total. The van der Waals surface area contributed by atoms with Gasteiger partial charge in [0.15, 0.2) is 11.5 Å². The number of benzene rings is 3. The number of methoxy groups -OCH3 is 2. The number of carbonyl (C=O) groups is 1. The van der Waals surface area contributed by atoms with Crippen LogP contribution >= 0.6 is 0 Å². The fourth-order valence-electron chi connectivity index (χ4n) is 3.43. The first-order valence-electron chi connectivity index (χ1n) is 10.4. The molecule has 0 N–H and O–H groups in total. The third-order valence-corrected chi connectivity index (χ3v) is 5.30. The molecule has 0 unspecified atom stereocenters. The van der Waals surface area contributed by atoms with E-state index in [4.69, 9.17) is 9.47 Å². The second-order valence-electron chi connectivity index (χ2n) is 7.34. The fraction of sp³-hybridized carbons (Fsp3) is 0.269. The van der Waals surface area contributed by atoms with Crippen LogP contribution in [-0.2, 0) is 19.4 Å². The van der Waals surface area contributed by atoms with E-state index >= 15 is 0 Å². The first-order valence-corrected chi connectivity index (χ1v) is 10.4. The molecule has 0 aliphatic rings. The number of nitrogens with zero attached hydrogens (tertiary/aromatic N) is 1. The van der Waals surface area contributed by atoms with Crippen molar-refractivity contribution in [2.24, 2.45) is 0 Å². The van der Waals surface area contributed by atoms with Gasteiger partial charge < -0.3 is 14.4 Å². The summed E-state index contributed by atoms with van der Waals surface area (Å²) in [6.45, 7) is 3.00. The van der Waals surface area contributed by atoms with Gasteiger partial charge in [-0.3, -0.25) is 4.79 Å². The molecule has 3 aromatic carbocycles. The lowest BCUT2D eigenvalue weighted by molar-refractivity contribution is 0.0745. The molecule has 0 aliphatic heterocycles. The number of carbonyl (C=O) groups excluding carboxylic acids is 1. The molecule has 0 aliphatic carbocycles. The van der Waals surface area contributed by atoms with Crippen LogP contribution in [0.15, 0.2) is 66.7 Å². The van der Waals surface area contributed by atoms with Gasteiger partial charge in [-0.1, -0.05) is 37.3 Å². The van der Waals surface area contributed by atoms with Crippen molar-refractivity contribution in [2.75, 3.05) is 20.8 Å². The highest BCUT2D eigenvalue weighted by atomic mass is 19.1. The second kappa shape index (κ2) is 10.6. The van der Waals surface area contributed by atoms with E-state index in [1.54, 1.807) is 31.3 Å². The van der Waals surface area contributed by atoms with E-state index in [2.05, 4.69) is 6.92 Å². The highest BCUT2D eigenvalue weighted by molar-refractivity contribution is 5.94. The van der Waals surface area contributed by atoms with E-state index in [0.29, 0.717) is 36.6 Å². The quantitative estimate of drug-likeness (QED) is 0.471. The van der Waals surface area contributed by atoms with Crippen molar-refractivity contribution in [3.63, 3.8) is 0 Å². The zero-order chi connectivity index (χ0) is 22.2. The third-order valence-electron chi connectivity index (χ3n) is 5.30. The Bertz CT molecular complexity index is 1000. The second-order valence-corrected chi connectivity index (χ2v) is 7.34. The molecule has 0 aromatic heterocycles. The van der Waals surface area contributed by atoms with Gasteiger partial charge in [-0.15, -0.1) is 0 Å². The molecule has 162 valence electrons. The maximum Gasteiger partial charge on any atom is 0.254 e. The largest absolute Gasteiger partial charge is 0.493 e. The average molecular weight is 422 g/mol. The summed E-state index contributed by atoms with van der Waals surface area (Å²) in [5, 5.41) is 0. The van der Waals surface area contributed by atoms with Crippen LogP contribution in [0, 0.1) is 5.82 Å². The smallest absolute Gasteiger partial charge is 0.254 e. The lowest BCUT2D eigenvalue weighted by atomic mass is 10.1. The number of rotatable bonds is 9. The predicted molar refractivity (Wildman–Crippen MR) is 120 cm³/mol. The minimum atomic E-state index is -0.290. The molecule has 0 radical (unpaired) electrons. The van der Waals surface area contributed by atoms with E-state index in [9.17, 15) is 9.18 Å². The molecular formula is C26H28FNO3. The highest BCUT2D eigenvalue weighted by Crippen LogP contribution is 2.28. The Balaban J connectivity index is 1.80. The minimum Gasteiger partial charge on any atom is -0.493 e. The van der Waals surface area contributed by atoms with Crippen molar-refractivity contribution in [2.45, 2.75) is 26.3 Å². The number of ether oxygens (including phenoxy) is 2. The molecule has 3 rings (SSSR count). The summed E-state index contributed by atoms with van der Waals surface area (Å²) >= 11 is 0. The molecule has 31 heavy (non-hydrogen) atoms. The lowest BCUT2D eigenvalue weighted by Gasteiger charge is -2.23. The Morgan fingerprint density at radius 2 is 1.45 bits per heavy atom. The number of hydrogen-bond acceptors (Lipinski definition) is 3. The molecule has 0 heterocycles. The van der Waals surface area contributed by atoms with Gasteiger partial charge in [-0.2, -0.15) is 0 Å². The van der Waals surface area contributed by atoms with Gasteiger partial charge in [0.05, 0.1) is 14.2 Å². The zero-order valence-corrected chi connectivity index (χ0v) is 18.2. The van der Waals surface area contributed by atoms with Gasteiger partial charge in [0, 0.05) is 18.7 Å². The SMILES string of the molecule is CCc1ccc(C(=O)N(CCc2ccc(OC)c(OC)c2)Cc2ccc(F)cc2)cc1.